The van der Waals surface area contributed by atoms with E-state index in [4.69, 9.17) is 0 Å². The lowest BCUT2D eigenvalue weighted by atomic mass is 10.0. The number of aryl methyl sites for hydroxylation is 1. The molecule has 2 atom stereocenters. The summed E-state index contributed by atoms with van der Waals surface area (Å²) in [6.07, 6.45) is 0.984. The second-order valence-corrected chi connectivity index (χ2v) is 5.04. The Kier molecular flexibility index (Phi) is 3.57. The van der Waals surface area contributed by atoms with Gasteiger partial charge in [-0.3, -0.25) is 0 Å². The Hall–Kier alpha value is -1.55. The van der Waals surface area contributed by atoms with Crippen LogP contribution < -0.4 is 4.90 Å². The zero-order chi connectivity index (χ0) is 13.3. The van der Waals surface area contributed by atoms with E-state index in [1.165, 1.54) is 0 Å². The van der Waals surface area contributed by atoms with Crippen molar-refractivity contribution in [1.29, 1.82) is 0 Å². The lowest BCUT2D eigenvalue weighted by Gasteiger charge is -2.28. The smallest absolute Gasteiger partial charge is 0.337 e. The predicted molar refractivity (Wildman–Crippen MR) is 70.1 cm³/mol. The van der Waals surface area contributed by atoms with Gasteiger partial charge in [0, 0.05) is 6.54 Å². The second-order valence-electron chi connectivity index (χ2n) is 5.04. The number of nitrogens with zero attached hydrogens (tertiary/aromatic N) is 1. The van der Waals surface area contributed by atoms with Crippen LogP contribution >= 0.6 is 0 Å². The first-order valence-electron chi connectivity index (χ1n) is 6.26. The van der Waals surface area contributed by atoms with Gasteiger partial charge in [0.25, 0.3) is 0 Å². The van der Waals surface area contributed by atoms with Crippen LogP contribution in [0.1, 0.15) is 29.3 Å². The van der Waals surface area contributed by atoms with E-state index < -0.39 is 5.97 Å². The summed E-state index contributed by atoms with van der Waals surface area (Å²) < 4.78 is 0. The van der Waals surface area contributed by atoms with Crippen molar-refractivity contribution in [3.05, 3.63) is 29.3 Å². The minimum absolute atomic E-state index is 0.0184. The molecule has 0 amide bonds. The number of aliphatic hydroxyl groups excluding tert-OH is 1. The summed E-state index contributed by atoms with van der Waals surface area (Å²) in [5.74, 6) is -0.529. The van der Waals surface area contributed by atoms with Gasteiger partial charge < -0.3 is 15.1 Å². The molecule has 0 aliphatic carbocycles. The molecule has 2 unspecified atom stereocenters. The lowest BCUT2D eigenvalue weighted by Crippen LogP contribution is -2.36. The van der Waals surface area contributed by atoms with Gasteiger partial charge in [0.1, 0.15) is 0 Å². The fourth-order valence-electron chi connectivity index (χ4n) is 2.65. The summed E-state index contributed by atoms with van der Waals surface area (Å²) in [7, 11) is 0. The highest BCUT2D eigenvalue weighted by Gasteiger charge is 2.32. The molecular weight excluding hydrogens is 230 g/mol. The first kappa shape index (κ1) is 12.9. The van der Waals surface area contributed by atoms with E-state index in [9.17, 15) is 15.0 Å². The standard InChI is InChI=1S/C14H19NO3/c1-9-3-4-11(14(17)18)12(7-9)15-6-5-10(2)13(15)8-16/h3-4,7,10,13,16H,5-6,8H2,1-2H3,(H,17,18). The monoisotopic (exact) mass is 249 g/mol. The fourth-order valence-corrected chi connectivity index (χ4v) is 2.65. The maximum absolute atomic E-state index is 11.3. The van der Waals surface area contributed by atoms with Crippen LogP contribution in [0.15, 0.2) is 18.2 Å². The van der Waals surface area contributed by atoms with Crippen molar-refractivity contribution >= 4 is 11.7 Å². The molecule has 0 bridgehead atoms. The molecule has 2 N–H and O–H groups in total. The maximum Gasteiger partial charge on any atom is 0.337 e. The number of anilines is 1. The molecule has 0 radical (unpaired) electrons. The molecule has 1 fully saturated rings. The molecule has 1 heterocycles. The molecule has 1 saturated heterocycles. The predicted octanol–water partition coefficient (Wildman–Crippen LogP) is 1.90. The topological polar surface area (TPSA) is 60.8 Å². The summed E-state index contributed by atoms with van der Waals surface area (Å²) in [5, 5.41) is 18.7. The molecule has 4 nitrogen and oxygen atoms in total. The third kappa shape index (κ3) is 2.20. The second kappa shape index (κ2) is 4.98. The van der Waals surface area contributed by atoms with Crippen LogP contribution in [0.4, 0.5) is 5.69 Å². The van der Waals surface area contributed by atoms with Crippen molar-refractivity contribution in [3.8, 4) is 0 Å². The summed E-state index contributed by atoms with van der Waals surface area (Å²) >= 11 is 0. The van der Waals surface area contributed by atoms with E-state index in [1.807, 2.05) is 17.9 Å². The Morgan fingerprint density at radius 2 is 2.22 bits per heavy atom. The molecule has 18 heavy (non-hydrogen) atoms. The lowest BCUT2D eigenvalue weighted by molar-refractivity contribution is 0.0697. The number of rotatable bonds is 3. The average molecular weight is 249 g/mol. The number of aromatic carboxylic acids is 1. The van der Waals surface area contributed by atoms with E-state index in [1.54, 1.807) is 12.1 Å². The van der Waals surface area contributed by atoms with Crippen molar-refractivity contribution in [2.75, 3.05) is 18.1 Å². The zero-order valence-corrected chi connectivity index (χ0v) is 10.8. The Morgan fingerprint density at radius 3 is 2.83 bits per heavy atom. The number of carbonyl (C=O) groups is 1. The Labute approximate surface area is 107 Å². The molecule has 1 aliphatic rings. The van der Waals surface area contributed by atoms with Gasteiger partial charge in [0.05, 0.1) is 23.9 Å². The van der Waals surface area contributed by atoms with Crippen LogP contribution in [0.5, 0.6) is 0 Å². The highest BCUT2D eigenvalue weighted by Crippen LogP contribution is 2.32. The average Bonchev–Trinajstić information content (AvgIpc) is 2.69. The van der Waals surface area contributed by atoms with Gasteiger partial charge in [-0.2, -0.15) is 0 Å². The molecule has 2 rings (SSSR count). The van der Waals surface area contributed by atoms with Gasteiger partial charge >= 0.3 is 5.97 Å². The Balaban J connectivity index is 2.43. The summed E-state index contributed by atoms with van der Waals surface area (Å²) in [5.41, 5.74) is 2.07. The molecule has 1 aromatic rings. The zero-order valence-electron chi connectivity index (χ0n) is 10.8. The summed E-state index contributed by atoms with van der Waals surface area (Å²) in [6.45, 7) is 4.91. The normalized spacial score (nSPS) is 23.4. The van der Waals surface area contributed by atoms with Crippen LogP contribution in [0.3, 0.4) is 0 Å². The molecule has 1 aliphatic heterocycles. The number of aliphatic hydroxyl groups is 1. The van der Waals surface area contributed by atoms with Crippen LogP contribution in [0.2, 0.25) is 0 Å². The van der Waals surface area contributed by atoms with E-state index in [-0.39, 0.29) is 12.6 Å². The van der Waals surface area contributed by atoms with Crippen LogP contribution in [-0.4, -0.2) is 35.4 Å². The van der Waals surface area contributed by atoms with Gasteiger partial charge in [-0.15, -0.1) is 0 Å². The van der Waals surface area contributed by atoms with Gasteiger partial charge in [0.15, 0.2) is 0 Å². The van der Waals surface area contributed by atoms with Crippen molar-refractivity contribution in [3.63, 3.8) is 0 Å². The molecule has 1 aromatic carbocycles. The number of hydrogen-bond donors (Lipinski definition) is 2. The van der Waals surface area contributed by atoms with E-state index in [0.717, 1.165) is 24.2 Å². The van der Waals surface area contributed by atoms with Gasteiger partial charge in [0.2, 0.25) is 0 Å². The van der Waals surface area contributed by atoms with Gasteiger partial charge in [-0.25, -0.2) is 4.79 Å². The van der Waals surface area contributed by atoms with Gasteiger partial charge in [-0.05, 0) is 37.0 Å². The first-order valence-corrected chi connectivity index (χ1v) is 6.26. The number of benzene rings is 1. The third-order valence-electron chi connectivity index (χ3n) is 3.76. The third-order valence-corrected chi connectivity index (χ3v) is 3.76. The fraction of sp³-hybridized carbons (Fsp3) is 0.500. The largest absolute Gasteiger partial charge is 0.478 e. The first-order chi connectivity index (χ1) is 8.54. The highest BCUT2D eigenvalue weighted by atomic mass is 16.4. The number of carboxylic acids is 1. The molecule has 0 saturated carbocycles. The van der Waals surface area contributed by atoms with Crippen LogP contribution in [0, 0.1) is 12.8 Å². The SMILES string of the molecule is Cc1ccc(C(=O)O)c(N2CCC(C)C2CO)c1. The Morgan fingerprint density at radius 1 is 1.50 bits per heavy atom. The van der Waals surface area contributed by atoms with Crippen LogP contribution in [0.25, 0.3) is 0 Å². The molecule has 98 valence electrons. The van der Waals surface area contributed by atoms with E-state index >= 15 is 0 Å². The van der Waals surface area contributed by atoms with Crippen molar-refractivity contribution < 1.29 is 15.0 Å². The molecule has 4 heteroatoms. The van der Waals surface area contributed by atoms with Crippen molar-refractivity contribution in [2.24, 2.45) is 5.92 Å². The van der Waals surface area contributed by atoms with Crippen LogP contribution in [-0.2, 0) is 0 Å². The van der Waals surface area contributed by atoms with Crippen molar-refractivity contribution in [2.45, 2.75) is 26.3 Å². The quantitative estimate of drug-likeness (QED) is 0.859. The minimum Gasteiger partial charge on any atom is -0.478 e. The minimum atomic E-state index is -0.916. The molecular formula is C14H19NO3. The molecule has 0 aromatic heterocycles. The molecule has 0 spiro atoms. The Bertz CT molecular complexity index is 458. The van der Waals surface area contributed by atoms with E-state index in [2.05, 4.69) is 6.92 Å². The summed E-state index contributed by atoms with van der Waals surface area (Å²) in [6, 6.07) is 5.36. The number of carboxylic acid groups (broad SMARTS) is 1. The van der Waals surface area contributed by atoms with E-state index in [0.29, 0.717) is 11.5 Å². The summed E-state index contributed by atoms with van der Waals surface area (Å²) in [4.78, 5) is 13.3. The highest BCUT2D eigenvalue weighted by molar-refractivity contribution is 5.94. The number of hydrogen-bond acceptors (Lipinski definition) is 3. The van der Waals surface area contributed by atoms with Gasteiger partial charge in [-0.1, -0.05) is 13.0 Å². The maximum atomic E-state index is 11.3. The van der Waals surface area contributed by atoms with Crippen molar-refractivity contribution in [1.82, 2.24) is 0 Å².